The van der Waals surface area contributed by atoms with E-state index in [1.807, 2.05) is 49.5 Å². The van der Waals surface area contributed by atoms with Crippen LogP contribution in [0.2, 0.25) is 0 Å². The van der Waals surface area contributed by atoms with Gasteiger partial charge in [0.2, 0.25) is 0 Å². The van der Waals surface area contributed by atoms with Crippen LogP contribution in [0.5, 0.6) is 0 Å². The summed E-state index contributed by atoms with van der Waals surface area (Å²) in [6, 6.07) is 22.2. The molecule has 6 heteroatoms. The molecule has 0 bridgehead atoms. The molecule has 31 heavy (non-hydrogen) atoms. The maximum absolute atomic E-state index is 12.9. The monoisotopic (exact) mass is 418 g/mol. The van der Waals surface area contributed by atoms with Crippen LogP contribution in [0.3, 0.4) is 0 Å². The normalized spacial score (nSPS) is 20.5. The van der Waals surface area contributed by atoms with E-state index in [2.05, 4.69) is 40.0 Å². The number of hydrogen-bond acceptors (Lipinski definition) is 3. The van der Waals surface area contributed by atoms with Crippen molar-refractivity contribution < 1.29 is 9.53 Å². The summed E-state index contributed by atoms with van der Waals surface area (Å²) < 4.78 is 6.98. The average Bonchev–Trinajstić information content (AvgIpc) is 3.36. The zero-order chi connectivity index (χ0) is 21.6. The van der Waals surface area contributed by atoms with Crippen molar-refractivity contribution in [2.45, 2.75) is 31.2 Å². The quantitative estimate of drug-likeness (QED) is 0.579. The number of anilines is 1. The molecule has 0 saturated heterocycles. The van der Waals surface area contributed by atoms with Gasteiger partial charge in [-0.25, -0.2) is 4.79 Å². The molecule has 6 nitrogen and oxygen atoms in total. The number of carbonyl (C=O) groups is 1. The molecule has 1 aromatic heterocycles. The third-order valence-corrected chi connectivity index (χ3v) is 6.13. The van der Waals surface area contributed by atoms with Gasteiger partial charge in [-0.2, -0.15) is 5.10 Å². The number of nitrogens with one attached hydrogen (secondary N) is 2. The fourth-order valence-electron chi connectivity index (χ4n) is 4.55. The van der Waals surface area contributed by atoms with Crippen molar-refractivity contribution in [2.24, 2.45) is 13.0 Å². The lowest BCUT2D eigenvalue weighted by Gasteiger charge is -2.21. The Morgan fingerprint density at radius 3 is 2.52 bits per heavy atom. The van der Waals surface area contributed by atoms with Crippen LogP contribution in [-0.2, 0) is 11.8 Å². The molecule has 3 atom stereocenters. The second-order valence-corrected chi connectivity index (χ2v) is 8.25. The highest BCUT2D eigenvalue weighted by atomic mass is 16.5. The lowest BCUT2D eigenvalue weighted by Crippen LogP contribution is -2.39. The van der Waals surface area contributed by atoms with Gasteiger partial charge in [0.15, 0.2) is 0 Å². The zero-order valence-electron chi connectivity index (χ0n) is 18.1. The van der Waals surface area contributed by atoms with Crippen LogP contribution in [0.4, 0.5) is 10.6 Å². The second-order valence-electron chi connectivity index (χ2n) is 8.25. The summed E-state index contributed by atoms with van der Waals surface area (Å²) >= 11 is 0. The van der Waals surface area contributed by atoms with Gasteiger partial charge in [0, 0.05) is 44.4 Å². The lowest BCUT2D eigenvalue weighted by molar-refractivity contribution is 0.177. The van der Waals surface area contributed by atoms with Gasteiger partial charge < -0.3 is 10.1 Å². The minimum Gasteiger partial charge on any atom is -0.385 e. The number of amides is 2. The molecule has 0 aliphatic heterocycles. The number of aromatic nitrogens is 2. The van der Waals surface area contributed by atoms with E-state index in [1.54, 1.807) is 11.8 Å². The molecule has 4 rings (SSSR count). The Labute approximate surface area is 183 Å². The lowest BCUT2D eigenvalue weighted by atomic mass is 9.93. The first-order valence-electron chi connectivity index (χ1n) is 10.8. The predicted octanol–water partition coefficient (Wildman–Crippen LogP) is 4.81. The number of carbonyl (C=O) groups excluding carboxylic acids is 1. The Morgan fingerprint density at radius 1 is 1.10 bits per heavy atom. The molecule has 0 spiro atoms. The van der Waals surface area contributed by atoms with Gasteiger partial charge in [0.1, 0.15) is 5.82 Å². The van der Waals surface area contributed by atoms with Crippen LogP contribution < -0.4 is 10.6 Å². The highest BCUT2D eigenvalue weighted by Gasteiger charge is 2.35. The fourth-order valence-corrected chi connectivity index (χ4v) is 4.55. The van der Waals surface area contributed by atoms with Crippen molar-refractivity contribution in [1.29, 1.82) is 0 Å². The van der Waals surface area contributed by atoms with E-state index in [9.17, 15) is 4.79 Å². The molecule has 2 aromatic carbocycles. The molecule has 3 aromatic rings. The first-order chi connectivity index (χ1) is 15.1. The van der Waals surface area contributed by atoms with Crippen LogP contribution in [0.25, 0.3) is 11.3 Å². The standard InChI is InChI=1S/C25H30N4O2/c1-29-24(17-22(28-29)20-11-7-4-8-12-20)27-25(30)26-23-16-18(13-14-31-2)15-21(23)19-9-5-3-6-10-19/h3-12,17-18,21,23H,13-16H2,1-2H3,(H2,26,27,30)/t18?,21-,23+/m0/s1. The summed E-state index contributed by atoms with van der Waals surface area (Å²) in [5, 5.41) is 10.7. The van der Waals surface area contributed by atoms with Crippen LogP contribution in [0.1, 0.15) is 30.7 Å². The van der Waals surface area contributed by atoms with Crippen LogP contribution >= 0.6 is 0 Å². The SMILES string of the molecule is COCCC1C[C@@H](NC(=O)Nc2cc(-c3ccccc3)nn2C)[C@H](c2ccccc2)C1. The van der Waals surface area contributed by atoms with E-state index in [-0.39, 0.29) is 12.1 Å². The number of urea groups is 1. The molecule has 1 fully saturated rings. The number of hydrogen-bond donors (Lipinski definition) is 2. The van der Waals surface area contributed by atoms with Gasteiger partial charge in [-0.1, -0.05) is 60.7 Å². The van der Waals surface area contributed by atoms with E-state index in [1.165, 1.54) is 5.56 Å². The van der Waals surface area contributed by atoms with Crippen molar-refractivity contribution in [3.05, 3.63) is 72.3 Å². The minimum atomic E-state index is -0.194. The van der Waals surface area contributed by atoms with Crippen molar-refractivity contribution in [3.63, 3.8) is 0 Å². The Hall–Kier alpha value is -3.12. The number of nitrogens with zero attached hydrogens (tertiary/aromatic N) is 2. The third kappa shape index (κ3) is 5.14. The first-order valence-corrected chi connectivity index (χ1v) is 10.8. The zero-order valence-corrected chi connectivity index (χ0v) is 18.1. The van der Waals surface area contributed by atoms with Crippen molar-refractivity contribution in [3.8, 4) is 11.3 Å². The molecular weight excluding hydrogens is 388 g/mol. The van der Waals surface area contributed by atoms with Gasteiger partial charge in [-0.3, -0.25) is 10.00 Å². The third-order valence-electron chi connectivity index (χ3n) is 6.13. The first kappa shape index (κ1) is 21.1. The predicted molar refractivity (Wildman–Crippen MR) is 123 cm³/mol. The highest BCUT2D eigenvalue weighted by molar-refractivity contribution is 5.89. The van der Waals surface area contributed by atoms with Gasteiger partial charge >= 0.3 is 6.03 Å². The molecule has 2 N–H and O–H groups in total. The number of rotatable bonds is 7. The summed E-state index contributed by atoms with van der Waals surface area (Å²) in [5.74, 6) is 1.51. The Morgan fingerprint density at radius 2 is 1.81 bits per heavy atom. The van der Waals surface area contributed by atoms with E-state index in [4.69, 9.17) is 4.74 Å². The van der Waals surface area contributed by atoms with Gasteiger partial charge in [0.25, 0.3) is 0 Å². The maximum Gasteiger partial charge on any atom is 0.320 e. The summed E-state index contributed by atoms with van der Waals surface area (Å²) in [6.07, 6.45) is 3.03. The van der Waals surface area contributed by atoms with Crippen LogP contribution in [-0.4, -0.2) is 35.6 Å². The molecule has 1 aliphatic rings. The number of ether oxygens (including phenoxy) is 1. The molecule has 162 valence electrons. The number of methoxy groups -OCH3 is 1. The Kier molecular flexibility index (Phi) is 6.67. The summed E-state index contributed by atoms with van der Waals surface area (Å²) in [7, 11) is 3.58. The van der Waals surface area contributed by atoms with Crippen LogP contribution in [0.15, 0.2) is 66.7 Å². The van der Waals surface area contributed by atoms with Crippen molar-refractivity contribution in [2.75, 3.05) is 19.0 Å². The van der Waals surface area contributed by atoms with Gasteiger partial charge in [-0.05, 0) is 30.7 Å². The topological polar surface area (TPSA) is 68.2 Å². The molecular formula is C25H30N4O2. The van der Waals surface area contributed by atoms with Gasteiger partial charge in [0.05, 0.1) is 5.69 Å². The number of aryl methyl sites for hydroxylation is 1. The number of benzene rings is 2. The molecule has 1 saturated carbocycles. The minimum absolute atomic E-state index is 0.0890. The largest absolute Gasteiger partial charge is 0.385 e. The molecule has 2 amide bonds. The summed E-state index contributed by atoms with van der Waals surface area (Å²) in [6.45, 7) is 0.752. The van der Waals surface area contributed by atoms with Crippen molar-refractivity contribution >= 4 is 11.8 Å². The fraction of sp³-hybridized carbons (Fsp3) is 0.360. The van der Waals surface area contributed by atoms with Crippen LogP contribution in [0, 0.1) is 5.92 Å². The summed E-state index contributed by atoms with van der Waals surface area (Å²) in [4.78, 5) is 12.9. The molecule has 0 radical (unpaired) electrons. The Balaban J connectivity index is 1.44. The highest BCUT2D eigenvalue weighted by Crippen LogP contribution is 2.40. The van der Waals surface area contributed by atoms with E-state index in [0.717, 1.165) is 37.1 Å². The summed E-state index contributed by atoms with van der Waals surface area (Å²) in [5.41, 5.74) is 3.13. The van der Waals surface area contributed by atoms with E-state index < -0.39 is 0 Å². The van der Waals surface area contributed by atoms with Gasteiger partial charge in [-0.15, -0.1) is 0 Å². The second kappa shape index (κ2) is 9.79. The maximum atomic E-state index is 12.9. The van der Waals surface area contributed by atoms with E-state index in [0.29, 0.717) is 17.7 Å². The smallest absolute Gasteiger partial charge is 0.320 e. The van der Waals surface area contributed by atoms with E-state index >= 15 is 0 Å². The average molecular weight is 419 g/mol. The molecule has 1 heterocycles. The Bertz CT molecular complexity index is 987. The molecule has 1 unspecified atom stereocenters. The molecule has 1 aliphatic carbocycles. The van der Waals surface area contributed by atoms with Crippen molar-refractivity contribution in [1.82, 2.24) is 15.1 Å².